The second-order valence-electron chi connectivity index (χ2n) is 8.69. The predicted molar refractivity (Wildman–Crippen MR) is 129 cm³/mol. The molecule has 0 fully saturated rings. The molecule has 0 saturated heterocycles. The largest absolute Gasteiger partial charge is 0.460 e. The molecule has 7 heteroatoms. The monoisotopic (exact) mass is 457 g/mol. The highest BCUT2D eigenvalue weighted by atomic mass is 32.2. The van der Waals surface area contributed by atoms with Gasteiger partial charge in [-0.15, -0.1) is 0 Å². The van der Waals surface area contributed by atoms with Crippen LogP contribution in [0.5, 0.6) is 0 Å². The summed E-state index contributed by atoms with van der Waals surface area (Å²) in [4.78, 5) is 25.2. The Morgan fingerprint density at radius 3 is 2.66 bits per heavy atom. The molecule has 1 aromatic carbocycles. The first-order chi connectivity index (χ1) is 15.4. The van der Waals surface area contributed by atoms with Gasteiger partial charge in [-0.05, 0) is 69.6 Å². The molecule has 4 rings (SSSR count). The molecule has 32 heavy (non-hydrogen) atoms. The van der Waals surface area contributed by atoms with Gasteiger partial charge in [0.1, 0.15) is 16.9 Å². The molecule has 0 bridgehead atoms. The fraction of sp³-hybridized carbons (Fsp3) is 0.520. The molecule has 0 radical (unpaired) electrons. The molecule has 0 saturated carbocycles. The molecular formula is C25H31NO5S. The molecule has 0 spiro atoms. The zero-order chi connectivity index (χ0) is 22.8. The Labute approximate surface area is 191 Å². The number of furan rings is 1. The highest BCUT2D eigenvalue weighted by Gasteiger charge is 2.23. The van der Waals surface area contributed by atoms with Gasteiger partial charge in [0.25, 0.3) is 0 Å². The number of hydrogen-bond donors (Lipinski definition) is 2. The van der Waals surface area contributed by atoms with Crippen molar-refractivity contribution in [3.63, 3.8) is 0 Å². The Balaban J connectivity index is 1.63. The molecule has 1 atom stereocenters. The molecule has 1 aliphatic carbocycles. The van der Waals surface area contributed by atoms with Gasteiger partial charge in [0.2, 0.25) is 5.91 Å². The van der Waals surface area contributed by atoms with Crippen LogP contribution in [0.4, 0.5) is 0 Å². The minimum Gasteiger partial charge on any atom is -0.460 e. The third kappa shape index (κ3) is 4.33. The van der Waals surface area contributed by atoms with Crippen molar-refractivity contribution < 1.29 is 18.7 Å². The van der Waals surface area contributed by atoms with Gasteiger partial charge in [0, 0.05) is 40.3 Å². The summed E-state index contributed by atoms with van der Waals surface area (Å²) >= 11 is 1.68. The summed E-state index contributed by atoms with van der Waals surface area (Å²) in [5.41, 5.74) is 4.52. The summed E-state index contributed by atoms with van der Waals surface area (Å²) in [6.45, 7) is 3.78. The van der Waals surface area contributed by atoms with Gasteiger partial charge in [-0.3, -0.25) is 4.79 Å². The van der Waals surface area contributed by atoms with E-state index in [1.165, 1.54) is 5.56 Å². The van der Waals surface area contributed by atoms with Gasteiger partial charge < -0.3 is 19.3 Å². The molecule has 1 amide bonds. The van der Waals surface area contributed by atoms with Crippen LogP contribution in [0.25, 0.3) is 21.9 Å². The van der Waals surface area contributed by atoms with Crippen molar-refractivity contribution in [2.45, 2.75) is 64.8 Å². The summed E-state index contributed by atoms with van der Waals surface area (Å²) in [7, 11) is 0. The van der Waals surface area contributed by atoms with E-state index in [4.69, 9.17) is 8.83 Å². The molecule has 2 N–H and O–H groups in total. The molecule has 172 valence electrons. The SMILES string of the molecule is CSCC[C@@H](CO)NC(=O)CCc1c(C)c2cc3c4c(oc3c(C)c2oc1=O)CCCC4. The van der Waals surface area contributed by atoms with E-state index in [-0.39, 0.29) is 25.0 Å². The highest BCUT2D eigenvalue weighted by molar-refractivity contribution is 7.98. The minimum absolute atomic E-state index is 0.0895. The number of aliphatic hydroxyl groups excluding tert-OH is 1. The minimum atomic E-state index is -0.400. The molecule has 2 aromatic heterocycles. The van der Waals surface area contributed by atoms with Crippen LogP contribution in [0.2, 0.25) is 0 Å². The van der Waals surface area contributed by atoms with E-state index in [1.54, 1.807) is 11.8 Å². The number of carbonyl (C=O) groups is 1. The fourth-order valence-electron chi connectivity index (χ4n) is 4.71. The number of thioether (sulfide) groups is 1. The van der Waals surface area contributed by atoms with Crippen LogP contribution in [0, 0.1) is 13.8 Å². The Bertz CT molecular complexity index is 1210. The first kappa shape index (κ1) is 22.9. The number of nitrogens with one attached hydrogen (secondary N) is 1. The Morgan fingerprint density at radius 2 is 1.91 bits per heavy atom. The van der Waals surface area contributed by atoms with Gasteiger partial charge in [-0.25, -0.2) is 4.79 Å². The summed E-state index contributed by atoms with van der Waals surface area (Å²) in [5, 5.41) is 14.4. The van der Waals surface area contributed by atoms with Crippen LogP contribution in [0.15, 0.2) is 19.7 Å². The van der Waals surface area contributed by atoms with E-state index >= 15 is 0 Å². The van der Waals surface area contributed by atoms with Crippen LogP contribution in [-0.4, -0.2) is 35.7 Å². The van der Waals surface area contributed by atoms with Crippen LogP contribution in [0.1, 0.15) is 53.7 Å². The van der Waals surface area contributed by atoms with Crippen molar-refractivity contribution >= 4 is 39.6 Å². The third-order valence-electron chi connectivity index (χ3n) is 6.58. The van der Waals surface area contributed by atoms with Crippen molar-refractivity contribution in [2.75, 3.05) is 18.6 Å². The van der Waals surface area contributed by atoms with Gasteiger partial charge in [0.05, 0.1) is 12.6 Å². The van der Waals surface area contributed by atoms with Crippen molar-refractivity contribution in [1.82, 2.24) is 5.32 Å². The molecule has 2 heterocycles. The summed E-state index contributed by atoms with van der Waals surface area (Å²) < 4.78 is 11.9. The Hall–Kier alpha value is -2.25. The number of amides is 1. The second kappa shape index (κ2) is 9.71. The summed E-state index contributed by atoms with van der Waals surface area (Å²) in [6, 6.07) is 1.84. The maximum Gasteiger partial charge on any atom is 0.339 e. The van der Waals surface area contributed by atoms with Crippen LogP contribution in [0.3, 0.4) is 0 Å². The highest BCUT2D eigenvalue weighted by Crippen LogP contribution is 2.37. The maximum atomic E-state index is 12.8. The topological polar surface area (TPSA) is 92.7 Å². The Kier molecular flexibility index (Phi) is 6.96. The lowest BCUT2D eigenvalue weighted by Gasteiger charge is -2.16. The molecule has 6 nitrogen and oxygen atoms in total. The lowest BCUT2D eigenvalue weighted by molar-refractivity contribution is -0.122. The average Bonchev–Trinajstić information content (AvgIpc) is 3.16. The average molecular weight is 458 g/mol. The zero-order valence-corrected chi connectivity index (χ0v) is 19.8. The van der Waals surface area contributed by atoms with Crippen LogP contribution in [-0.2, 0) is 24.1 Å². The maximum absolute atomic E-state index is 12.8. The van der Waals surface area contributed by atoms with Crippen LogP contribution < -0.4 is 10.9 Å². The molecule has 3 aromatic rings. The van der Waals surface area contributed by atoms with Crippen LogP contribution >= 0.6 is 11.8 Å². The van der Waals surface area contributed by atoms with E-state index in [9.17, 15) is 14.7 Å². The molecule has 1 aliphatic rings. The number of fused-ring (bicyclic) bond motifs is 4. The van der Waals surface area contributed by atoms with Gasteiger partial charge in [0.15, 0.2) is 0 Å². The first-order valence-corrected chi connectivity index (χ1v) is 12.7. The van der Waals surface area contributed by atoms with Gasteiger partial charge >= 0.3 is 5.63 Å². The standard InChI is InChI=1S/C25H31NO5S/c1-14-17(8-9-22(28)26-16(13-27)10-11-32-3)25(29)31-23-15(2)24-20(12-19(14)23)18-6-4-5-7-21(18)30-24/h12,16,27H,4-11,13H2,1-3H3,(H,26,28)/t16-/m0/s1. The number of aliphatic hydroxyl groups is 1. The lowest BCUT2D eigenvalue weighted by atomic mass is 9.93. The van der Waals surface area contributed by atoms with Crippen molar-refractivity contribution in [3.05, 3.63) is 44.5 Å². The smallest absolute Gasteiger partial charge is 0.339 e. The summed E-state index contributed by atoms with van der Waals surface area (Å²) in [5.74, 6) is 1.76. The quantitative estimate of drug-likeness (QED) is 0.493. The van der Waals surface area contributed by atoms with Gasteiger partial charge in [-0.2, -0.15) is 11.8 Å². The number of aryl methyl sites for hydroxylation is 4. The normalized spacial score (nSPS) is 14.6. The van der Waals surface area contributed by atoms with E-state index < -0.39 is 5.63 Å². The number of benzene rings is 1. The van der Waals surface area contributed by atoms with E-state index in [1.807, 2.05) is 20.1 Å². The Morgan fingerprint density at radius 1 is 1.16 bits per heavy atom. The fourth-order valence-corrected chi connectivity index (χ4v) is 5.23. The zero-order valence-electron chi connectivity index (χ0n) is 19.0. The van der Waals surface area contributed by atoms with Crippen molar-refractivity contribution in [1.29, 1.82) is 0 Å². The lowest BCUT2D eigenvalue weighted by Crippen LogP contribution is -2.38. The van der Waals surface area contributed by atoms with Crippen molar-refractivity contribution in [2.24, 2.45) is 0 Å². The van der Waals surface area contributed by atoms with E-state index in [0.29, 0.717) is 24.0 Å². The molecule has 0 aliphatic heterocycles. The number of carbonyl (C=O) groups excluding carboxylic acids is 1. The van der Waals surface area contributed by atoms with E-state index in [0.717, 1.165) is 64.7 Å². The first-order valence-electron chi connectivity index (χ1n) is 11.3. The summed E-state index contributed by atoms with van der Waals surface area (Å²) in [6.07, 6.45) is 7.45. The number of hydrogen-bond acceptors (Lipinski definition) is 6. The number of rotatable bonds is 8. The third-order valence-corrected chi connectivity index (χ3v) is 7.23. The predicted octanol–water partition coefficient (Wildman–Crippen LogP) is 4.20. The molecule has 0 unspecified atom stereocenters. The second-order valence-corrected chi connectivity index (χ2v) is 9.67. The van der Waals surface area contributed by atoms with Gasteiger partial charge in [-0.1, -0.05) is 0 Å². The van der Waals surface area contributed by atoms with Crippen molar-refractivity contribution in [3.8, 4) is 0 Å². The molecular weight excluding hydrogens is 426 g/mol. The van der Waals surface area contributed by atoms with E-state index in [2.05, 4.69) is 11.4 Å².